The van der Waals surface area contributed by atoms with Crippen molar-refractivity contribution >= 4 is 17.9 Å². The Morgan fingerprint density at radius 2 is 1.66 bits per heavy atom. The summed E-state index contributed by atoms with van der Waals surface area (Å²) in [7, 11) is 3.37. The molecule has 0 aromatic heterocycles. The Morgan fingerprint density at radius 1 is 0.976 bits per heavy atom. The number of nitrogens with zero attached hydrogens (tertiary/aromatic N) is 1. The van der Waals surface area contributed by atoms with Gasteiger partial charge in [0.05, 0.1) is 33.2 Å². The SMILES string of the molecule is COc1ccccc1CN(Cc1cc(OC)c2c(c1)OCO2)CC1CCCO1.O=C(O)CC(O)(CC(=O)O)C(=O)O. The van der Waals surface area contributed by atoms with Gasteiger partial charge in [-0.05, 0) is 36.6 Å². The number of methoxy groups -OCH3 is 2. The average Bonchev–Trinajstić information content (AvgIpc) is 3.60. The number of fused-ring (bicyclic) bond motifs is 1. The maximum atomic E-state index is 10.3. The summed E-state index contributed by atoms with van der Waals surface area (Å²) in [6.45, 7) is 3.49. The van der Waals surface area contributed by atoms with Gasteiger partial charge in [-0.25, -0.2) is 4.79 Å². The van der Waals surface area contributed by atoms with E-state index in [1.807, 2.05) is 30.3 Å². The fourth-order valence-corrected chi connectivity index (χ4v) is 4.58. The van der Waals surface area contributed by atoms with Gasteiger partial charge in [0, 0.05) is 31.8 Å². The summed E-state index contributed by atoms with van der Waals surface area (Å²) in [5.41, 5.74) is -0.456. The number of rotatable bonds is 13. The van der Waals surface area contributed by atoms with Crippen molar-refractivity contribution in [2.24, 2.45) is 0 Å². The molecule has 0 bridgehead atoms. The van der Waals surface area contributed by atoms with Crippen LogP contribution in [0.1, 0.15) is 36.8 Å². The van der Waals surface area contributed by atoms with Crippen molar-refractivity contribution in [2.45, 2.75) is 50.5 Å². The predicted octanol–water partition coefficient (Wildman–Crippen LogP) is 2.37. The van der Waals surface area contributed by atoms with Gasteiger partial charge in [0.1, 0.15) is 5.75 Å². The smallest absolute Gasteiger partial charge is 0.336 e. The highest BCUT2D eigenvalue weighted by Crippen LogP contribution is 2.42. The third kappa shape index (κ3) is 8.96. The quantitative estimate of drug-likeness (QED) is 0.273. The first kappa shape index (κ1) is 31.5. The van der Waals surface area contributed by atoms with Gasteiger partial charge in [-0.1, -0.05) is 18.2 Å². The van der Waals surface area contributed by atoms with Crippen LogP contribution in [0, 0.1) is 0 Å². The molecule has 0 saturated carbocycles. The monoisotopic (exact) mass is 577 g/mol. The fourth-order valence-electron chi connectivity index (χ4n) is 4.58. The number of ether oxygens (including phenoxy) is 5. The molecule has 0 aliphatic carbocycles. The van der Waals surface area contributed by atoms with E-state index in [-0.39, 0.29) is 12.9 Å². The van der Waals surface area contributed by atoms with E-state index >= 15 is 0 Å². The highest BCUT2D eigenvalue weighted by Gasteiger charge is 2.40. The lowest BCUT2D eigenvalue weighted by Gasteiger charge is -2.26. The van der Waals surface area contributed by atoms with Crippen molar-refractivity contribution in [3.05, 3.63) is 47.5 Å². The van der Waals surface area contributed by atoms with Crippen LogP contribution in [0.25, 0.3) is 0 Å². The zero-order chi connectivity index (χ0) is 30.0. The highest BCUT2D eigenvalue weighted by molar-refractivity contribution is 5.88. The van der Waals surface area contributed by atoms with Crippen molar-refractivity contribution in [2.75, 3.05) is 34.2 Å². The normalized spacial score (nSPS) is 15.7. The molecule has 1 fully saturated rings. The van der Waals surface area contributed by atoms with Crippen LogP contribution in [0.4, 0.5) is 0 Å². The number of benzene rings is 2. The van der Waals surface area contributed by atoms with Gasteiger partial charge in [-0.2, -0.15) is 0 Å². The maximum absolute atomic E-state index is 10.3. The van der Waals surface area contributed by atoms with Gasteiger partial charge >= 0.3 is 17.9 Å². The van der Waals surface area contributed by atoms with Crippen LogP contribution in [0.3, 0.4) is 0 Å². The molecule has 13 heteroatoms. The zero-order valence-electron chi connectivity index (χ0n) is 22.9. The van der Waals surface area contributed by atoms with Gasteiger partial charge in [-0.3, -0.25) is 14.5 Å². The Balaban J connectivity index is 0.000000302. The molecule has 0 spiro atoms. The molecule has 13 nitrogen and oxygen atoms in total. The van der Waals surface area contributed by atoms with E-state index in [1.54, 1.807) is 14.2 Å². The summed E-state index contributed by atoms with van der Waals surface area (Å²) in [5, 5.41) is 33.8. The fraction of sp³-hybridized carbons (Fsp3) is 0.464. The van der Waals surface area contributed by atoms with Crippen LogP contribution < -0.4 is 18.9 Å². The van der Waals surface area contributed by atoms with Crippen LogP contribution >= 0.6 is 0 Å². The Morgan fingerprint density at radius 3 is 2.24 bits per heavy atom. The molecule has 1 atom stereocenters. The zero-order valence-corrected chi connectivity index (χ0v) is 22.9. The van der Waals surface area contributed by atoms with Crippen LogP contribution in [0.15, 0.2) is 36.4 Å². The lowest BCUT2D eigenvalue weighted by atomic mass is 9.96. The molecule has 1 unspecified atom stereocenters. The number of para-hydroxylation sites is 1. The number of aliphatic carboxylic acids is 3. The summed E-state index contributed by atoms with van der Waals surface area (Å²) in [5.74, 6) is -1.98. The van der Waals surface area contributed by atoms with E-state index in [0.29, 0.717) is 11.5 Å². The van der Waals surface area contributed by atoms with Crippen LogP contribution in [-0.2, 0) is 32.2 Å². The molecule has 2 heterocycles. The number of carbonyl (C=O) groups is 3. The first-order valence-corrected chi connectivity index (χ1v) is 12.9. The van der Waals surface area contributed by atoms with E-state index in [9.17, 15) is 14.4 Å². The lowest BCUT2D eigenvalue weighted by Crippen LogP contribution is -2.42. The molecular formula is C28H35NO12. The van der Waals surface area contributed by atoms with Gasteiger partial charge in [0.15, 0.2) is 17.1 Å². The van der Waals surface area contributed by atoms with E-state index in [1.165, 1.54) is 0 Å². The van der Waals surface area contributed by atoms with Crippen molar-refractivity contribution in [1.82, 2.24) is 4.90 Å². The van der Waals surface area contributed by atoms with Crippen LogP contribution in [-0.4, -0.2) is 89.1 Å². The Kier molecular flexibility index (Phi) is 11.1. The van der Waals surface area contributed by atoms with Crippen molar-refractivity contribution in [1.29, 1.82) is 0 Å². The largest absolute Gasteiger partial charge is 0.496 e. The molecule has 2 aromatic carbocycles. The highest BCUT2D eigenvalue weighted by atomic mass is 16.7. The van der Waals surface area contributed by atoms with Crippen LogP contribution in [0.5, 0.6) is 23.0 Å². The Bertz CT molecular complexity index is 1190. The van der Waals surface area contributed by atoms with Gasteiger partial charge in [-0.15, -0.1) is 0 Å². The first-order valence-electron chi connectivity index (χ1n) is 12.9. The van der Waals surface area contributed by atoms with Crippen molar-refractivity contribution in [3.8, 4) is 23.0 Å². The number of carboxylic acids is 3. The standard InChI is InChI=1S/C22H27NO5.C6H8O7/c1-24-19-8-4-3-6-17(19)13-23(14-18-7-5-9-26-18)12-16-10-20(25-2)22-21(11-16)27-15-28-22;7-3(8)1-6(13,5(11)12)2-4(9)10/h3-4,6,8,10-11,18H,5,7,9,12-15H2,1-2H3;13H,1-2H2,(H,7,8)(H,9,10)(H,11,12). The number of aliphatic hydroxyl groups is 1. The maximum Gasteiger partial charge on any atom is 0.336 e. The van der Waals surface area contributed by atoms with E-state index < -0.39 is 36.4 Å². The van der Waals surface area contributed by atoms with Gasteiger partial charge in [0.25, 0.3) is 0 Å². The molecular weight excluding hydrogens is 542 g/mol. The molecule has 0 amide bonds. The number of hydrogen-bond acceptors (Lipinski definition) is 10. The Hall–Kier alpha value is -4.07. The Labute approximate surface area is 236 Å². The summed E-state index contributed by atoms with van der Waals surface area (Å²) in [6, 6.07) is 12.2. The minimum atomic E-state index is -2.74. The third-order valence-electron chi connectivity index (χ3n) is 6.48. The second kappa shape index (κ2) is 14.5. The molecule has 2 aromatic rings. The molecule has 2 aliphatic heterocycles. The van der Waals surface area contributed by atoms with Gasteiger partial charge < -0.3 is 44.1 Å². The summed E-state index contributed by atoms with van der Waals surface area (Å²) in [6.07, 6.45) is 0.215. The van der Waals surface area contributed by atoms with E-state index in [0.717, 1.165) is 61.7 Å². The molecule has 4 N–H and O–H groups in total. The molecule has 224 valence electrons. The molecule has 41 heavy (non-hydrogen) atoms. The second-order valence-corrected chi connectivity index (χ2v) is 9.63. The summed E-state index contributed by atoms with van der Waals surface area (Å²) in [4.78, 5) is 32.9. The summed E-state index contributed by atoms with van der Waals surface area (Å²) >= 11 is 0. The average molecular weight is 578 g/mol. The topological polar surface area (TPSA) is 182 Å². The molecule has 1 saturated heterocycles. The lowest BCUT2D eigenvalue weighted by molar-refractivity contribution is -0.170. The summed E-state index contributed by atoms with van der Waals surface area (Å²) < 4.78 is 28.0. The van der Waals surface area contributed by atoms with Crippen molar-refractivity contribution in [3.63, 3.8) is 0 Å². The number of hydrogen-bond donors (Lipinski definition) is 4. The first-order chi connectivity index (χ1) is 19.5. The van der Waals surface area contributed by atoms with Crippen LogP contribution in [0.2, 0.25) is 0 Å². The minimum Gasteiger partial charge on any atom is -0.496 e. The minimum absolute atomic E-state index is 0.232. The van der Waals surface area contributed by atoms with E-state index in [2.05, 4.69) is 11.0 Å². The number of carboxylic acid groups (broad SMARTS) is 3. The molecule has 4 rings (SSSR count). The van der Waals surface area contributed by atoms with Gasteiger partial charge in [0.2, 0.25) is 12.5 Å². The molecule has 0 radical (unpaired) electrons. The predicted molar refractivity (Wildman–Crippen MR) is 142 cm³/mol. The third-order valence-corrected chi connectivity index (χ3v) is 6.48. The van der Waals surface area contributed by atoms with Crippen molar-refractivity contribution < 1.29 is 58.5 Å². The second-order valence-electron chi connectivity index (χ2n) is 9.63. The van der Waals surface area contributed by atoms with E-state index in [4.69, 9.17) is 44.1 Å². The molecule has 2 aliphatic rings.